The van der Waals surface area contributed by atoms with Gasteiger partial charge in [0.15, 0.2) is 0 Å². The summed E-state index contributed by atoms with van der Waals surface area (Å²) >= 11 is 0. The van der Waals surface area contributed by atoms with Crippen LogP contribution in [0.25, 0.3) is 0 Å². The van der Waals surface area contributed by atoms with Gasteiger partial charge in [0.05, 0.1) is 6.04 Å². The van der Waals surface area contributed by atoms with E-state index in [1.165, 1.54) is 0 Å². The van der Waals surface area contributed by atoms with Crippen LogP contribution in [0.5, 0.6) is 0 Å². The molecule has 1 rings (SSSR count). The van der Waals surface area contributed by atoms with E-state index in [9.17, 15) is 4.79 Å². The molecule has 0 spiro atoms. The van der Waals surface area contributed by atoms with E-state index < -0.39 is 11.8 Å². The van der Waals surface area contributed by atoms with Gasteiger partial charge in [0.1, 0.15) is 0 Å². The first-order valence-electron chi connectivity index (χ1n) is 6.95. The van der Waals surface area contributed by atoms with E-state index in [1.807, 2.05) is 20.8 Å². The molecular formula is C13H26N2O3. The number of rotatable bonds is 9. The average molecular weight is 258 g/mol. The molecule has 5 nitrogen and oxygen atoms in total. The van der Waals surface area contributed by atoms with Crippen LogP contribution < -0.4 is 11.1 Å². The van der Waals surface area contributed by atoms with Gasteiger partial charge in [0, 0.05) is 19.3 Å². The Morgan fingerprint density at radius 2 is 1.89 bits per heavy atom. The molecule has 5 heteroatoms. The number of ether oxygens (including phenoxy) is 2. The molecular weight excluding hydrogens is 232 g/mol. The molecule has 1 amide bonds. The van der Waals surface area contributed by atoms with Crippen molar-refractivity contribution in [2.24, 2.45) is 5.73 Å². The summed E-state index contributed by atoms with van der Waals surface area (Å²) in [6, 6.07) is -0.173. The van der Waals surface area contributed by atoms with Crippen LogP contribution in [0.2, 0.25) is 0 Å². The third kappa shape index (κ3) is 3.67. The molecule has 1 aliphatic carbocycles. The first-order chi connectivity index (χ1) is 8.60. The molecule has 0 heterocycles. The van der Waals surface area contributed by atoms with Gasteiger partial charge in [-0.15, -0.1) is 0 Å². The number of nitrogens with two attached hydrogens (primary N) is 1. The molecule has 0 aromatic carbocycles. The molecule has 0 aromatic heterocycles. The maximum Gasteiger partial charge on any atom is 0.282 e. The summed E-state index contributed by atoms with van der Waals surface area (Å²) in [4.78, 5) is 12.4. The lowest BCUT2D eigenvalue weighted by Gasteiger charge is -2.36. The molecule has 1 saturated carbocycles. The van der Waals surface area contributed by atoms with E-state index in [4.69, 9.17) is 15.2 Å². The highest BCUT2D eigenvalue weighted by molar-refractivity contribution is 5.85. The highest BCUT2D eigenvalue weighted by Gasteiger charge is 2.47. The predicted molar refractivity (Wildman–Crippen MR) is 70.0 cm³/mol. The van der Waals surface area contributed by atoms with Crippen molar-refractivity contribution < 1.29 is 14.3 Å². The molecule has 1 atom stereocenters. The monoisotopic (exact) mass is 258 g/mol. The fraction of sp³-hybridized carbons (Fsp3) is 0.923. The van der Waals surface area contributed by atoms with Crippen LogP contribution in [-0.2, 0) is 14.3 Å². The Labute approximate surface area is 109 Å². The van der Waals surface area contributed by atoms with Gasteiger partial charge in [-0.25, -0.2) is 0 Å². The van der Waals surface area contributed by atoms with Crippen LogP contribution in [0, 0.1) is 0 Å². The highest BCUT2D eigenvalue weighted by Crippen LogP contribution is 2.25. The smallest absolute Gasteiger partial charge is 0.282 e. The van der Waals surface area contributed by atoms with Crippen LogP contribution >= 0.6 is 0 Å². The molecule has 0 aliphatic heterocycles. The minimum absolute atomic E-state index is 0.227. The third-order valence-electron chi connectivity index (χ3n) is 3.03. The van der Waals surface area contributed by atoms with Gasteiger partial charge in [-0.05, 0) is 33.1 Å². The molecule has 1 aliphatic rings. The minimum Gasteiger partial charge on any atom is -0.349 e. The van der Waals surface area contributed by atoms with Gasteiger partial charge in [0.2, 0.25) is 0 Å². The fourth-order valence-electron chi connectivity index (χ4n) is 2.00. The Balaban J connectivity index is 2.81. The van der Waals surface area contributed by atoms with Crippen molar-refractivity contribution in [3.8, 4) is 0 Å². The van der Waals surface area contributed by atoms with Gasteiger partial charge in [0.25, 0.3) is 11.7 Å². The zero-order valence-corrected chi connectivity index (χ0v) is 11.7. The van der Waals surface area contributed by atoms with E-state index in [-0.39, 0.29) is 11.9 Å². The molecule has 18 heavy (non-hydrogen) atoms. The van der Waals surface area contributed by atoms with Gasteiger partial charge in [-0.1, -0.05) is 13.3 Å². The van der Waals surface area contributed by atoms with Crippen LogP contribution in [0.1, 0.15) is 46.5 Å². The van der Waals surface area contributed by atoms with Crippen LogP contribution in [-0.4, -0.2) is 37.0 Å². The van der Waals surface area contributed by atoms with Crippen molar-refractivity contribution in [2.45, 2.75) is 64.3 Å². The Bertz CT molecular complexity index is 261. The van der Waals surface area contributed by atoms with Gasteiger partial charge in [-0.2, -0.15) is 0 Å². The molecule has 106 valence electrons. The first-order valence-corrected chi connectivity index (χ1v) is 6.95. The number of hydrogen-bond acceptors (Lipinski definition) is 4. The second-order valence-electron chi connectivity index (χ2n) is 4.68. The lowest BCUT2D eigenvalue weighted by atomic mass is 10.0. The van der Waals surface area contributed by atoms with E-state index >= 15 is 0 Å². The maximum atomic E-state index is 12.4. The van der Waals surface area contributed by atoms with E-state index in [1.54, 1.807) is 0 Å². The SMILES string of the molecule is CCCC(N)C(OCC)(OCC)C(=O)NC1CC1. The number of amides is 1. The number of nitrogens with one attached hydrogen (secondary N) is 1. The summed E-state index contributed by atoms with van der Waals surface area (Å²) in [6.07, 6.45) is 3.64. The average Bonchev–Trinajstić information content (AvgIpc) is 3.12. The zero-order valence-electron chi connectivity index (χ0n) is 11.7. The largest absolute Gasteiger partial charge is 0.349 e. The normalized spacial score (nSPS) is 17.6. The second-order valence-corrected chi connectivity index (χ2v) is 4.68. The van der Waals surface area contributed by atoms with E-state index in [2.05, 4.69) is 5.32 Å². The summed E-state index contributed by atoms with van der Waals surface area (Å²) in [6.45, 7) is 6.51. The lowest BCUT2D eigenvalue weighted by Crippen LogP contribution is -2.62. The predicted octanol–water partition coefficient (Wildman–Crippen LogP) is 1.16. The van der Waals surface area contributed by atoms with Crippen molar-refractivity contribution in [3.63, 3.8) is 0 Å². The highest BCUT2D eigenvalue weighted by atomic mass is 16.7. The maximum absolute atomic E-state index is 12.4. The molecule has 0 bridgehead atoms. The van der Waals surface area contributed by atoms with Gasteiger partial charge < -0.3 is 20.5 Å². The number of hydrogen-bond donors (Lipinski definition) is 2. The summed E-state index contributed by atoms with van der Waals surface area (Å²) in [7, 11) is 0. The summed E-state index contributed by atoms with van der Waals surface area (Å²) in [5.74, 6) is -1.56. The Kier molecular flexibility index (Phi) is 6.05. The van der Waals surface area contributed by atoms with E-state index in [0.717, 1.165) is 19.3 Å². The van der Waals surface area contributed by atoms with Crippen molar-refractivity contribution in [1.82, 2.24) is 5.32 Å². The Hall–Kier alpha value is -0.650. The molecule has 1 unspecified atom stereocenters. The summed E-state index contributed by atoms with van der Waals surface area (Å²) in [5.41, 5.74) is 6.12. The molecule has 0 radical (unpaired) electrons. The summed E-state index contributed by atoms with van der Waals surface area (Å²) < 4.78 is 11.2. The molecule has 0 aromatic rings. The Morgan fingerprint density at radius 3 is 2.28 bits per heavy atom. The van der Waals surface area contributed by atoms with Crippen LogP contribution in [0.3, 0.4) is 0 Å². The zero-order chi connectivity index (χ0) is 13.6. The van der Waals surface area contributed by atoms with Crippen molar-refractivity contribution in [1.29, 1.82) is 0 Å². The molecule has 3 N–H and O–H groups in total. The van der Waals surface area contributed by atoms with Crippen molar-refractivity contribution in [2.75, 3.05) is 13.2 Å². The Morgan fingerprint density at radius 1 is 1.33 bits per heavy atom. The van der Waals surface area contributed by atoms with Gasteiger partial charge >= 0.3 is 0 Å². The quantitative estimate of drug-likeness (QED) is 0.609. The topological polar surface area (TPSA) is 73.6 Å². The fourth-order valence-corrected chi connectivity index (χ4v) is 2.00. The second kappa shape index (κ2) is 7.07. The number of carbonyl (C=O) groups excluding carboxylic acids is 1. The van der Waals surface area contributed by atoms with Crippen LogP contribution in [0.15, 0.2) is 0 Å². The van der Waals surface area contributed by atoms with E-state index in [0.29, 0.717) is 19.6 Å². The lowest BCUT2D eigenvalue weighted by molar-refractivity contribution is -0.237. The molecule has 0 saturated heterocycles. The third-order valence-corrected chi connectivity index (χ3v) is 3.03. The van der Waals surface area contributed by atoms with Crippen LogP contribution in [0.4, 0.5) is 0 Å². The van der Waals surface area contributed by atoms with Crippen molar-refractivity contribution in [3.05, 3.63) is 0 Å². The van der Waals surface area contributed by atoms with Gasteiger partial charge in [-0.3, -0.25) is 4.79 Å². The standard InChI is InChI=1S/C13H26N2O3/c1-4-7-11(14)13(17-5-2,18-6-3)12(16)15-10-8-9-10/h10-11H,4-9,14H2,1-3H3,(H,15,16). The molecule has 1 fully saturated rings. The number of carbonyl (C=O) groups is 1. The summed E-state index contributed by atoms with van der Waals surface area (Å²) in [5, 5.41) is 2.93. The van der Waals surface area contributed by atoms with Crippen molar-refractivity contribution >= 4 is 5.91 Å². The first kappa shape index (κ1) is 15.4. The minimum atomic E-state index is -1.33.